The van der Waals surface area contributed by atoms with Gasteiger partial charge in [-0.2, -0.15) is 13.2 Å². The van der Waals surface area contributed by atoms with Gasteiger partial charge in [0.25, 0.3) is 0 Å². The molecule has 0 bridgehead atoms. The molecule has 0 aromatic carbocycles. The molecule has 38 heavy (non-hydrogen) atoms. The van der Waals surface area contributed by atoms with Crippen molar-refractivity contribution in [2.45, 2.75) is 39.0 Å². The number of halogens is 3. The number of piperazine rings is 1. The second-order valence-corrected chi connectivity index (χ2v) is 9.17. The molecule has 4 aromatic heterocycles. The summed E-state index contributed by atoms with van der Waals surface area (Å²) in [6.07, 6.45) is 0.387. The van der Waals surface area contributed by atoms with Crippen molar-refractivity contribution in [3.05, 3.63) is 42.6 Å². The number of nitrogens with one attached hydrogen (secondary N) is 1. The molecule has 198 valence electrons. The molecule has 0 unspecified atom stereocenters. The van der Waals surface area contributed by atoms with Gasteiger partial charge < -0.3 is 20.1 Å². The van der Waals surface area contributed by atoms with E-state index in [9.17, 15) is 23.1 Å². The summed E-state index contributed by atoms with van der Waals surface area (Å²) in [4.78, 5) is 26.4. The maximum absolute atomic E-state index is 13.1. The molecule has 0 aliphatic carbocycles. The number of nitrogens with zero attached hydrogens (tertiary/aromatic N) is 7. The number of rotatable bonds is 4. The molecule has 0 saturated carbocycles. The number of anilines is 1. The fraction of sp³-hybridized carbons (Fsp3) is 0.333. The van der Waals surface area contributed by atoms with Crippen LogP contribution in [-0.4, -0.2) is 72.0 Å². The molecular weight excluding hydrogens is 505 g/mol. The SMILES string of the molecule is Cc1cn2cc(-c3cnc(-c4ccc(N5C[C@@H](C)N[C@@H](C)C5)nn4)c(O)c3OC(=O)C(F)(F)F)cnc2n1. The third-order valence-electron chi connectivity index (χ3n) is 5.95. The lowest BCUT2D eigenvalue weighted by Gasteiger charge is -2.36. The number of pyridine rings is 1. The van der Waals surface area contributed by atoms with Gasteiger partial charge in [0.1, 0.15) is 11.4 Å². The topological polar surface area (TPSA) is 131 Å². The summed E-state index contributed by atoms with van der Waals surface area (Å²) in [5.74, 6) is -3.07. The third-order valence-corrected chi connectivity index (χ3v) is 5.95. The molecule has 1 fully saturated rings. The summed E-state index contributed by atoms with van der Waals surface area (Å²) < 4.78 is 45.4. The van der Waals surface area contributed by atoms with Crippen molar-refractivity contribution in [2.24, 2.45) is 0 Å². The second-order valence-electron chi connectivity index (χ2n) is 9.17. The first-order valence-electron chi connectivity index (χ1n) is 11.7. The van der Waals surface area contributed by atoms with Crippen molar-refractivity contribution < 1.29 is 27.8 Å². The number of carbonyl (C=O) groups excluding carboxylic acids is 1. The largest absolute Gasteiger partial charge is 0.503 e. The predicted molar refractivity (Wildman–Crippen MR) is 130 cm³/mol. The van der Waals surface area contributed by atoms with Gasteiger partial charge in [-0.25, -0.2) is 19.7 Å². The summed E-state index contributed by atoms with van der Waals surface area (Å²) in [6.45, 7) is 7.28. The van der Waals surface area contributed by atoms with Crippen LogP contribution < -0.4 is 15.0 Å². The third kappa shape index (κ3) is 4.94. The number of aromatic hydroxyl groups is 1. The molecule has 0 spiro atoms. The van der Waals surface area contributed by atoms with Crippen molar-refractivity contribution >= 4 is 17.6 Å². The van der Waals surface area contributed by atoms with Gasteiger partial charge in [0.05, 0.1) is 5.69 Å². The van der Waals surface area contributed by atoms with E-state index in [2.05, 4.69) is 54.0 Å². The summed E-state index contributed by atoms with van der Waals surface area (Å²) in [5, 5.41) is 22.7. The standard InChI is InChI=1S/C24H23F3N8O3/c1-12-8-34(9-13(2)30-12)18-5-4-17(32-33-18)19-20(36)21(38-22(37)24(25,26)27)16(7-28-19)15-6-29-23-31-14(3)10-35(23)11-15/h4-7,10-13,30,36H,8-9H2,1-3H3/t12-,13+. The van der Waals surface area contributed by atoms with Gasteiger partial charge in [0, 0.05) is 61.1 Å². The van der Waals surface area contributed by atoms with Crippen LogP contribution in [0.4, 0.5) is 19.0 Å². The van der Waals surface area contributed by atoms with Gasteiger partial charge in [0.15, 0.2) is 17.3 Å². The van der Waals surface area contributed by atoms with Gasteiger partial charge in [-0.15, -0.1) is 10.2 Å². The highest BCUT2D eigenvalue weighted by molar-refractivity contribution is 5.85. The number of imidazole rings is 1. The number of carbonyl (C=O) groups is 1. The maximum atomic E-state index is 13.1. The summed E-state index contributed by atoms with van der Waals surface area (Å²) in [5.41, 5.74) is 0.696. The minimum atomic E-state index is -5.30. The molecule has 1 aliphatic rings. The maximum Gasteiger partial charge on any atom is 0.491 e. The molecule has 11 nitrogen and oxygen atoms in total. The van der Waals surface area contributed by atoms with E-state index in [1.807, 2.05) is 0 Å². The molecule has 2 N–H and O–H groups in total. The molecular formula is C24H23F3N8O3. The van der Waals surface area contributed by atoms with Crippen LogP contribution in [0.5, 0.6) is 11.5 Å². The zero-order valence-electron chi connectivity index (χ0n) is 20.6. The van der Waals surface area contributed by atoms with Crippen molar-refractivity contribution in [2.75, 3.05) is 18.0 Å². The average molecular weight is 528 g/mol. The van der Waals surface area contributed by atoms with Crippen LogP contribution in [0.3, 0.4) is 0 Å². The lowest BCUT2D eigenvalue weighted by atomic mass is 10.1. The van der Waals surface area contributed by atoms with Gasteiger partial charge in [-0.05, 0) is 32.9 Å². The van der Waals surface area contributed by atoms with Crippen molar-refractivity contribution in [3.63, 3.8) is 0 Å². The van der Waals surface area contributed by atoms with Crippen LogP contribution in [0.2, 0.25) is 0 Å². The van der Waals surface area contributed by atoms with E-state index in [4.69, 9.17) is 0 Å². The van der Waals surface area contributed by atoms with Crippen LogP contribution in [0, 0.1) is 6.92 Å². The molecule has 0 amide bonds. The van der Waals surface area contributed by atoms with Crippen LogP contribution in [0.25, 0.3) is 28.3 Å². The summed E-state index contributed by atoms with van der Waals surface area (Å²) >= 11 is 0. The minimum absolute atomic E-state index is 0.0807. The van der Waals surface area contributed by atoms with Gasteiger partial charge >= 0.3 is 12.1 Å². The average Bonchev–Trinajstić information content (AvgIpc) is 3.23. The lowest BCUT2D eigenvalue weighted by molar-refractivity contribution is -0.189. The smallest absolute Gasteiger partial charge is 0.491 e. The number of hydrogen-bond acceptors (Lipinski definition) is 10. The summed E-state index contributed by atoms with van der Waals surface area (Å²) in [6, 6.07) is 3.70. The summed E-state index contributed by atoms with van der Waals surface area (Å²) in [7, 11) is 0. The van der Waals surface area contributed by atoms with E-state index in [1.54, 1.807) is 29.7 Å². The molecule has 0 radical (unpaired) electrons. The quantitative estimate of drug-likeness (QED) is 0.381. The monoisotopic (exact) mass is 528 g/mol. The van der Waals surface area contributed by atoms with E-state index >= 15 is 0 Å². The van der Waals surface area contributed by atoms with E-state index in [0.717, 1.165) is 0 Å². The number of ether oxygens (including phenoxy) is 1. The zero-order valence-corrected chi connectivity index (χ0v) is 20.6. The Balaban J connectivity index is 1.55. The Morgan fingerprint density at radius 3 is 2.50 bits per heavy atom. The molecule has 5 heterocycles. The fourth-order valence-electron chi connectivity index (χ4n) is 4.41. The highest BCUT2D eigenvalue weighted by Crippen LogP contribution is 2.43. The number of aromatic nitrogens is 6. The number of hydrogen-bond donors (Lipinski definition) is 2. The van der Waals surface area contributed by atoms with Crippen molar-refractivity contribution in [3.8, 4) is 34.0 Å². The highest BCUT2D eigenvalue weighted by atomic mass is 19.4. The van der Waals surface area contributed by atoms with Crippen LogP contribution in [0.1, 0.15) is 19.5 Å². The number of aryl methyl sites for hydroxylation is 1. The molecule has 1 aliphatic heterocycles. The molecule has 4 aromatic rings. The Kier molecular flexibility index (Phi) is 6.34. The first-order valence-corrected chi connectivity index (χ1v) is 11.7. The van der Waals surface area contributed by atoms with Crippen molar-refractivity contribution in [1.29, 1.82) is 0 Å². The lowest BCUT2D eigenvalue weighted by Crippen LogP contribution is -2.54. The Labute approximate surface area is 214 Å². The second kappa shape index (κ2) is 9.52. The van der Waals surface area contributed by atoms with Crippen LogP contribution in [0.15, 0.2) is 36.9 Å². The Morgan fingerprint density at radius 1 is 1.11 bits per heavy atom. The fourth-order valence-corrected chi connectivity index (χ4v) is 4.41. The first-order chi connectivity index (χ1) is 18.0. The van der Waals surface area contributed by atoms with E-state index in [-0.39, 0.29) is 34.6 Å². The normalized spacial score (nSPS) is 18.1. The first kappa shape index (κ1) is 25.3. The minimum Gasteiger partial charge on any atom is -0.503 e. The highest BCUT2D eigenvalue weighted by Gasteiger charge is 2.42. The number of fused-ring (bicyclic) bond motifs is 1. The van der Waals surface area contributed by atoms with Crippen LogP contribution >= 0.6 is 0 Å². The van der Waals surface area contributed by atoms with Gasteiger partial charge in [-0.1, -0.05) is 0 Å². The van der Waals surface area contributed by atoms with E-state index < -0.39 is 23.6 Å². The van der Waals surface area contributed by atoms with Crippen LogP contribution in [-0.2, 0) is 4.79 Å². The predicted octanol–water partition coefficient (Wildman–Crippen LogP) is 2.92. The zero-order chi connectivity index (χ0) is 27.2. The molecule has 1 saturated heterocycles. The molecule has 14 heteroatoms. The van der Waals surface area contributed by atoms with Crippen molar-refractivity contribution in [1.82, 2.24) is 34.9 Å². The molecule has 2 atom stereocenters. The Morgan fingerprint density at radius 2 is 1.84 bits per heavy atom. The number of alkyl halides is 3. The molecule has 5 rings (SSSR count). The Bertz CT molecular complexity index is 1500. The Hall–Kier alpha value is -4.33. The number of esters is 1. The van der Waals surface area contributed by atoms with Gasteiger partial charge in [0.2, 0.25) is 5.78 Å². The van der Waals surface area contributed by atoms with E-state index in [0.29, 0.717) is 30.4 Å². The van der Waals surface area contributed by atoms with Gasteiger partial charge in [-0.3, -0.25) is 4.40 Å². The van der Waals surface area contributed by atoms with E-state index in [1.165, 1.54) is 18.6 Å².